The van der Waals surface area contributed by atoms with Crippen LogP contribution in [0, 0.1) is 5.41 Å². The van der Waals surface area contributed by atoms with E-state index < -0.39 is 0 Å². The van der Waals surface area contributed by atoms with Crippen LogP contribution in [-0.2, 0) is 0 Å². The van der Waals surface area contributed by atoms with Crippen molar-refractivity contribution >= 4 is 16.3 Å². The Morgan fingerprint density at radius 2 is 2.09 bits per heavy atom. The Morgan fingerprint density at radius 3 is 2.82 bits per heavy atom. The summed E-state index contributed by atoms with van der Waals surface area (Å²) in [5.41, 5.74) is 1.83. The first-order valence-corrected chi connectivity index (χ1v) is 9.51. The van der Waals surface area contributed by atoms with Crippen LogP contribution >= 0.6 is 11.3 Å². The van der Waals surface area contributed by atoms with Crippen LogP contribution in [0.1, 0.15) is 57.2 Å². The minimum atomic E-state index is 0.346. The SMILES string of the molecule is CC(NC1CCC2(CCNCC2)CC1)c1cn2ccsc2n1. The molecule has 2 N–H and O–H groups in total. The third-order valence-electron chi connectivity index (χ3n) is 5.75. The predicted molar refractivity (Wildman–Crippen MR) is 91.4 cm³/mol. The predicted octanol–water partition coefficient (Wildman–Crippen LogP) is 3.36. The summed E-state index contributed by atoms with van der Waals surface area (Å²) in [6.45, 7) is 4.70. The molecule has 22 heavy (non-hydrogen) atoms. The number of nitrogens with zero attached hydrogens (tertiary/aromatic N) is 2. The molecule has 2 aromatic heterocycles. The molecule has 3 heterocycles. The zero-order valence-electron chi connectivity index (χ0n) is 13.3. The van der Waals surface area contributed by atoms with Gasteiger partial charge in [-0.3, -0.25) is 4.40 Å². The van der Waals surface area contributed by atoms with Crippen molar-refractivity contribution in [3.8, 4) is 0 Å². The van der Waals surface area contributed by atoms with Crippen LogP contribution in [0.4, 0.5) is 0 Å². The van der Waals surface area contributed by atoms with E-state index in [1.165, 1.54) is 57.3 Å². The van der Waals surface area contributed by atoms with E-state index in [4.69, 9.17) is 4.98 Å². The lowest BCUT2D eigenvalue weighted by Crippen LogP contribution is -2.43. The Labute approximate surface area is 136 Å². The zero-order chi connectivity index (χ0) is 15.0. The van der Waals surface area contributed by atoms with Crippen LogP contribution in [0.15, 0.2) is 17.8 Å². The van der Waals surface area contributed by atoms with Gasteiger partial charge in [0.05, 0.1) is 5.69 Å². The number of aromatic nitrogens is 2. The van der Waals surface area contributed by atoms with E-state index in [2.05, 4.69) is 39.7 Å². The van der Waals surface area contributed by atoms with Gasteiger partial charge in [-0.15, -0.1) is 11.3 Å². The largest absolute Gasteiger partial charge is 0.317 e. The molecule has 4 rings (SSSR count). The second-order valence-corrected chi connectivity index (χ2v) is 8.04. The number of thiazole rings is 1. The van der Waals surface area contributed by atoms with Gasteiger partial charge in [-0.1, -0.05) is 0 Å². The Kier molecular flexibility index (Phi) is 3.96. The fourth-order valence-electron chi connectivity index (χ4n) is 4.25. The van der Waals surface area contributed by atoms with Gasteiger partial charge in [0.15, 0.2) is 4.96 Å². The van der Waals surface area contributed by atoms with Crippen molar-refractivity contribution < 1.29 is 0 Å². The van der Waals surface area contributed by atoms with Crippen molar-refractivity contribution in [3.63, 3.8) is 0 Å². The highest BCUT2D eigenvalue weighted by atomic mass is 32.1. The quantitative estimate of drug-likeness (QED) is 0.912. The third kappa shape index (κ3) is 2.82. The van der Waals surface area contributed by atoms with Crippen LogP contribution in [0.25, 0.3) is 4.96 Å². The molecule has 0 amide bonds. The Hall–Kier alpha value is -0.910. The van der Waals surface area contributed by atoms with Gasteiger partial charge in [-0.2, -0.15) is 0 Å². The zero-order valence-corrected chi connectivity index (χ0v) is 14.2. The topological polar surface area (TPSA) is 41.4 Å². The van der Waals surface area contributed by atoms with E-state index in [9.17, 15) is 0 Å². The molecule has 1 spiro atoms. The molecule has 0 radical (unpaired) electrons. The molecule has 120 valence electrons. The molecular formula is C17H26N4S. The van der Waals surface area contributed by atoms with Crippen LogP contribution in [0.2, 0.25) is 0 Å². The number of rotatable bonds is 3. The fraction of sp³-hybridized carbons (Fsp3) is 0.706. The van der Waals surface area contributed by atoms with Gasteiger partial charge in [0.1, 0.15) is 0 Å². The van der Waals surface area contributed by atoms with E-state index in [1.54, 1.807) is 11.3 Å². The first-order valence-electron chi connectivity index (χ1n) is 8.63. The smallest absolute Gasteiger partial charge is 0.193 e. The van der Waals surface area contributed by atoms with Crippen molar-refractivity contribution in [2.75, 3.05) is 13.1 Å². The summed E-state index contributed by atoms with van der Waals surface area (Å²) < 4.78 is 2.13. The summed E-state index contributed by atoms with van der Waals surface area (Å²) in [5.74, 6) is 0. The molecule has 1 aliphatic carbocycles. The summed E-state index contributed by atoms with van der Waals surface area (Å²) in [4.78, 5) is 5.83. The second kappa shape index (κ2) is 5.95. The first-order chi connectivity index (χ1) is 10.7. The average Bonchev–Trinajstić information content (AvgIpc) is 3.12. The second-order valence-electron chi connectivity index (χ2n) is 7.17. The fourth-order valence-corrected chi connectivity index (χ4v) is 4.95. The monoisotopic (exact) mass is 318 g/mol. The molecule has 0 bridgehead atoms. The Bertz CT molecular complexity index is 587. The van der Waals surface area contributed by atoms with E-state index in [-0.39, 0.29) is 0 Å². The highest BCUT2D eigenvalue weighted by Crippen LogP contribution is 2.43. The van der Waals surface area contributed by atoms with E-state index >= 15 is 0 Å². The average molecular weight is 318 g/mol. The van der Waals surface area contributed by atoms with Gasteiger partial charge in [-0.25, -0.2) is 4.98 Å². The third-order valence-corrected chi connectivity index (χ3v) is 6.52. The Balaban J connectivity index is 1.35. The lowest BCUT2D eigenvalue weighted by Gasteiger charge is -2.43. The van der Waals surface area contributed by atoms with Crippen molar-refractivity contribution in [1.29, 1.82) is 0 Å². The number of imidazole rings is 1. The van der Waals surface area contributed by atoms with Crippen molar-refractivity contribution in [2.45, 2.75) is 57.5 Å². The lowest BCUT2D eigenvalue weighted by atomic mass is 9.67. The molecule has 2 aromatic rings. The highest BCUT2D eigenvalue weighted by molar-refractivity contribution is 7.15. The van der Waals surface area contributed by atoms with Crippen LogP contribution in [-0.4, -0.2) is 28.5 Å². The summed E-state index contributed by atoms with van der Waals surface area (Å²) >= 11 is 1.70. The van der Waals surface area contributed by atoms with Gasteiger partial charge in [0, 0.05) is 29.9 Å². The molecule has 5 heteroatoms. The molecule has 1 saturated carbocycles. The van der Waals surface area contributed by atoms with Crippen molar-refractivity contribution in [3.05, 3.63) is 23.5 Å². The van der Waals surface area contributed by atoms with Crippen LogP contribution in [0.5, 0.6) is 0 Å². The molecule has 1 atom stereocenters. The number of nitrogens with one attached hydrogen (secondary N) is 2. The summed E-state index contributed by atoms with van der Waals surface area (Å²) in [7, 11) is 0. The number of piperidine rings is 1. The highest BCUT2D eigenvalue weighted by Gasteiger charge is 2.36. The van der Waals surface area contributed by atoms with Crippen molar-refractivity contribution in [1.82, 2.24) is 20.0 Å². The van der Waals surface area contributed by atoms with Crippen molar-refractivity contribution in [2.24, 2.45) is 5.41 Å². The number of hydrogen-bond acceptors (Lipinski definition) is 4. The minimum absolute atomic E-state index is 0.346. The van der Waals surface area contributed by atoms with E-state index in [0.717, 1.165) is 4.96 Å². The molecule has 1 unspecified atom stereocenters. The maximum Gasteiger partial charge on any atom is 0.193 e. The molecule has 4 nitrogen and oxygen atoms in total. The first kappa shape index (κ1) is 14.7. The van der Waals surface area contributed by atoms with Crippen LogP contribution < -0.4 is 10.6 Å². The lowest BCUT2D eigenvalue weighted by molar-refractivity contribution is 0.113. The summed E-state index contributed by atoms with van der Waals surface area (Å²) in [6, 6.07) is 1.01. The van der Waals surface area contributed by atoms with Gasteiger partial charge in [-0.05, 0) is 64.0 Å². The minimum Gasteiger partial charge on any atom is -0.317 e. The van der Waals surface area contributed by atoms with Gasteiger partial charge < -0.3 is 10.6 Å². The van der Waals surface area contributed by atoms with E-state index in [1.807, 2.05) is 0 Å². The van der Waals surface area contributed by atoms with Gasteiger partial charge in [0.2, 0.25) is 0 Å². The summed E-state index contributed by atoms with van der Waals surface area (Å²) in [6.07, 6.45) is 12.5. The molecular weight excluding hydrogens is 292 g/mol. The standard InChI is InChI=1S/C17H26N4S/c1-13(15-12-21-10-11-22-16(21)20-15)19-14-2-4-17(5-3-14)6-8-18-9-7-17/h10-14,18-19H,2-9H2,1H3. The van der Waals surface area contributed by atoms with Gasteiger partial charge in [0.25, 0.3) is 0 Å². The maximum absolute atomic E-state index is 4.73. The summed E-state index contributed by atoms with van der Waals surface area (Å²) in [5, 5.41) is 9.41. The normalized spacial score (nSPS) is 24.0. The molecule has 1 aliphatic heterocycles. The Morgan fingerprint density at radius 1 is 1.32 bits per heavy atom. The van der Waals surface area contributed by atoms with E-state index in [0.29, 0.717) is 17.5 Å². The molecule has 1 saturated heterocycles. The molecule has 2 aliphatic rings. The number of fused-ring (bicyclic) bond motifs is 1. The van der Waals surface area contributed by atoms with Gasteiger partial charge >= 0.3 is 0 Å². The molecule has 0 aromatic carbocycles. The van der Waals surface area contributed by atoms with Crippen LogP contribution in [0.3, 0.4) is 0 Å². The number of hydrogen-bond donors (Lipinski definition) is 2. The molecule has 2 fully saturated rings. The maximum atomic E-state index is 4.73.